The maximum atomic E-state index is 13.5. The lowest BCUT2D eigenvalue weighted by Crippen LogP contribution is -2.18. The Labute approximate surface area is 144 Å². The third kappa shape index (κ3) is 3.02. The van der Waals surface area contributed by atoms with Crippen LogP contribution in [0.5, 0.6) is 5.75 Å². The second-order valence-electron chi connectivity index (χ2n) is 5.50. The number of hydrogen-bond donors (Lipinski definition) is 0. The molecule has 0 aliphatic carbocycles. The zero-order chi connectivity index (χ0) is 18.2. The monoisotopic (exact) mass is 361 g/mol. The Kier molecular flexibility index (Phi) is 4.34. The quantitative estimate of drug-likeness (QED) is 0.717. The van der Waals surface area contributed by atoms with Gasteiger partial charge in [-0.2, -0.15) is 0 Å². The highest BCUT2D eigenvalue weighted by atomic mass is 32.2. The highest BCUT2D eigenvalue weighted by Crippen LogP contribution is 2.23. The molecule has 3 rings (SSSR count). The summed E-state index contributed by atoms with van der Waals surface area (Å²) >= 11 is 0. The van der Waals surface area contributed by atoms with E-state index in [9.17, 15) is 17.6 Å². The number of sulfone groups is 1. The number of halogens is 1. The molecular weight excluding hydrogens is 345 g/mol. The third-order valence-electron chi connectivity index (χ3n) is 3.85. The van der Waals surface area contributed by atoms with Gasteiger partial charge in [-0.1, -0.05) is 0 Å². The molecule has 0 aliphatic rings. The normalized spacial score (nSPS) is 11.6. The van der Waals surface area contributed by atoms with E-state index in [1.807, 2.05) is 6.92 Å². The molecule has 7 heteroatoms. The lowest BCUT2D eigenvalue weighted by Gasteiger charge is -2.10. The molecule has 0 amide bonds. The Morgan fingerprint density at radius 2 is 1.80 bits per heavy atom. The Morgan fingerprint density at radius 3 is 2.44 bits per heavy atom. The van der Waals surface area contributed by atoms with Crippen LogP contribution >= 0.6 is 0 Å². The molecule has 0 saturated carbocycles. The van der Waals surface area contributed by atoms with Crippen molar-refractivity contribution in [2.24, 2.45) is 7.05 Å². The Hall–Kier alpha value is -2.67. The molecule has 0 aliphatic heterocycles. The number of pyridine rings is 1. The molecule has 0 bridgehead atoms. The summed E-state index contributed by atoms with van der Waals surface area (Å²) in [6, 6.07) is 9.55. The van der Waals surface area contributed by atoms with Crippen LogP contribution in [-0.4, -0.2) is 19.6 Å². The zero-order valence-electron chi connectivity index (χ0n) is 13.7. The summed E-state index contributed by atoms with van der Waals surface area (Å²) in [6.07, 6.45) is 1.26. The van der Waals surface area contributed by atoms with E-state index in [0.717, 1.165) is 6.07 Å². The number of aryl methyl sites for hydroxylation is 1. The van der Waals surface area contributed by atoms with Crippen LogP contribution in [0.2, 0.25) is 0 Å². The lowest BCUT2D eigenvalue weighted by atomic mass is 10.2. The Bertz CT molecular complexity index is 1100. The molecule has 2 aromatic carbocycles. The molecule has 0 radical (unpaired) electrons. The molecule has 1 aromatic heterocycles. The number of nitrogens with zero attached hydrogens (tertiary/aromatic N) is 1. The van der Waals surface area contributed by atoms with Crippen molar-refractivity contribution in [3.63, 3.8) is 0 Å². The maximum absolute atomic E-state index is 13.5. The van der Waals surface area contributed by atoms with E-state index < -0.39 is 26.0 Å². The number of fused-ring (bicyclic) bond motifs is 1. The molecule has 0 unspecified atom stereocenters. The molecule has 3 aromatic rings. The molecule has 130 valence electrons. The first-order chi connectivity index (χ1) is 11.8. The minimum absolute atomic E-state index is 0.0227. The second-order valence-corrected chi connectivity index (χ2v) is 7.42. The van der Waals surface area contributed by atoms with Crippen molar-refractivity contribution in [1.29, 1.82) is 0 Å². The zero-order valence-corrected chi connectivity index (χ0v) is 14.5. The van der Waals surface area contributed by atoms with Gasteiger partial charge in [-0.05, 0) is 49.4 Å². The van der Waals surface area contributed by atoms with E-state index in [2.05, 4.69) is 0 Å². The molecular formula is C18H16FNO4S. The predicted octanol–water partition coefficient (Wildman–Crippen LogP) is 2.91. The van der Waals surface area contributed by atoms with Gasteiger partial charge in [-0.3, -0.25) is 4.79 Å². The molecule has 5 nitrogen and oxygen atoms in total. The van der Waals surface area contributed by atoms with Gasteiger partial charge in [-0.25, -0.2) is 12.8 Å². The Morgan fingerprint density at radius 1 is 1.12 bits per heavy atom. The first-order valence-electron chi connectivity index (χ1n) is 7.61. The van der Waals surface area contributed by atoms with E-state index in [1.54, 1.807) is 7.05 Å². The van der Waals surface area contributed by atoms with Crippen LogP contribution < -0.4 is 10.2 Å². The first kappa shape index (κ1) is 17.2. The van der Waals surface area contributed by atoms with E-state index in [1.165, 1.54) is 47.2 Å². The smallest absolute Gasteiger partial charge is 0.211 e. The molecule has 0 N–H and O–H groups in total. The highest BCUT2D eigenvalue weighted by Gasteiger charge is 2.23. The minimum atomic E-state index is -4.04. The summed E-state index contributed by atoms with van der Waals surface area (Å²) in [5.74, 6) is -0.0600. The van der Waals surface area contributed by atoms with Crippen LogP contribution in [0.3, 0.4) is 0 Å². The summed E-state index contributed by atoms with van der Waals surface area (Å²) in [5.41, 5.74) is -0.265. The molecule has 0 fully saturated rings. The van der Waals surface area contributed by atoms with Crippen molar-refractivity contribution >= 4 is 20.7 Å². The summed E-state index contributed by atoms with van der Waals surface area (Å²) in [7, 11) is -2.43. The van der Waals surface area contributed by atoms with Gasteiger partial charge in [0.15, 0.2) is 0 Å². The van der Waals surface area contributed by atoms with Gasteiger partial charge < -0.3 is 9.30 Å². The van der Waals surface area contributed by atoms with Gasteiger partial charge in [-0.15, -0.1) is 0 Å². The maximum Gasteiger partial charge on any atom is 0.211 e. The van der Waals surface area contributed by atoms with Gasteiger partial charge in [0, 0.05) is 18.6 Å². The van der Waals surface area contributed by atoms with Crippen LogP contribution in [0.1, 0.15) is 6.92 Å². The summed E-state index contributed by atoms with van der Waals surface area (Å²) in [6.45, 7) is 2.28. The highest BCUT2D eigenvalue weighted by molar-refractivity contribution is 7.91. The molecule has 0 spiro atoms. The van der Waals surface area contributed by atoms with E-state index in [0.29, 0.717) is 17.9 Å². The summed E-state index contributed by atoms with van der Waals surface area (Å²) in [4.78, 5) is 12.2. The minimum Gasteiger partial charge on any atom is -0.494 e. The Balaban J connectivity index is 2.20. The van der Waals surface area contributed by atoms with Gasteiger partial charge in [0.05, 0.1) is 17.0 Å². The average Bonchev–Trinajstić information content (AvgIpc) is 2.58. The van der Waals surface area contributed by atoms with Gasteiger partial charge in [0.2, 0.25) is 15.3 Å². The van der Waals surface area contributed by atoms with Crippen LogP contribution in [0, 0.1) is 5.82 Å². The fourth-order valence-electron chi connectivity index (χ4n) is 2.63. The number of rotatable bonds is 4. The average molecular weight is 361 g/mol. The van der Waals surface area contributed by atoms with Crippen molar-refractivity contribution < 1.29 is 17.5 Å². The van der Waals surface area contributed by atoms with Crippen LogP contribution in [-0.2, 0) is 16.9 Å². The third-order valence-corrected chi connectivity index (χ3v) is 5.62. The van der Waals surface area contributed by atoms with Crippen molar-refractivity contribution in [3.8, 4) is 5.75 Å². The number of hydrogen-bond acceptors (Lipinski definition) is 4. The van der Waals surface area contributed by atoms with Crippen molar-refractivity contribution in [1.82, 2.24) is 4.57 Å². The second kappa shape index (κ2) is 6.33. The topological polar surface area (TPSA) is 65.4 Å². The number of benzene rings is 2. The fraction of sp³-hybridized carbons (Fsp3) is 0.167. The fourth-order valence-corrected chi connectivity index (χ4v) is 4.03. The lowest BCUT2D eigenvalue weighted by molar-refractivity contribution is 0.340. The SMILES string of the molecule is CCOc1ccc(S(=O)(=O)c2cn(C)c3ccc(F)cc3c2=O)cc1. The molecule has 0 atom stereocenters. The van der Waals surface area contributed by atoms with Crippen molar-refractivity contribution in [3.05, 3.63) is 64.7 Å². The summed E-state index contributed by atoms with van der Waals surface area (Å²) < 4.78 is 46.0. The predicted molar refractivity (Wildman–Crippen MR) is 92.2 cm³/mol. The van der Waals surface area contributed by atoms with Crippen molar-refractivity contribution in [2.45, 2.75) is 16.7 Å². The van der Waals surface area contributed by atoms with Gasteiger partial charge in [0.1, 0.15) is 16.5 Å². The number of ether oxygens (including phenoxy) is 1. The standard InChI is InChI=1S/C18H16FNO4S/c1-3-24-13-5-7-14(8-6-13)25(22,23)17-11-20(2)16-9-4-12(19)10-15(16)18(17)21/h4-11H,3H2,1-2H3. The molecule has 0 saturated heterocycles. The van der Waals surface area contributed by atoms with E-state index in [4.69, 9.17) is 4.74 Å². The first-order valence-corrected chi connectivity index (χ1v) is 9.09. The van der Waals surface area contributed by atoms with Crippen LogP contribution in [0.15, 0.2) is 63.2 Å². The van der Waals surface area contributed by atoms with Gasteiger partial charge in [0.25, 0.3) is 0 Å². The largest absolute Gasteiger partial charge is 0.494 e. The molecule has 1 heterocycles. The van der Waals surface area contributed by atoms with Gasteiger partial charge >= 0.3 is 0 Å². The molecule has 25 heavy (non-hydrogen) atoms. The van der Waals surface area contributed by atoms with Crippen LogP contribution in [0.25, 0.3) is 10.9 Å². The van der Waals surface area contributed by atoms with Crippen molar-refractivity contribution in [2.75, 3.05) is 6.61 Å². The van der Waals surface area contributed by atoms with E-state index >= 15 is 0 Å². The summed E-state index contributed by atoms with van der Waals surface area (Å²) in [5, 5.41) is 0.0227. The van der Waals surface area contributed by atoms with Crippen LogP contribution in [0.4, 0.5) is 4.39 Å². The van der Waals surface area contributed by atoms with E-state index in [-0.39, 0.29) is 10.3 Å². The number of aromatic nitrogens is 1.